The highest BCUT2D eigenvalue weighted by atomic mass is 16.5. The molecule has 0 saturated carbocycles. The molecule has 0 spiro atoms. The molecule has 20 heavy (non-hydrogen) atoms. The van der Waals surface area contributed by atoms with Gasteiger partial charge >= 0.3 is 12.0 Å². The summed E-state index contributed by atoms with van der Waals surface area (Å²) >= 11 is 0. The van der Waals surface area contributed by atoms with E-state index in [1.165, 1.54) is 0 Å². The van der Waals surface area contributed by atoms with Crippen LogP contribution in [0.15, 0.2) is 0 Å². The third-order valence-electron chi connectivity index (χ3n) is 2.26. The number of rotatable bonds is 11. The number of carbonyl (C=O) groups is 3. The van der Waals surface area contributed by atoms with Crippen molar-refractivity contribution in [3.05, 3.63) is 0 Å². The molecule has 0 aliphatic rings. The minimum atomic E-state index is -0.892. The molecule has 0 radical (unpaired) electrons. The second-order valence-corrected chi connectivity index (χ2v) is 4.01. The summed E-state index contributed by atoms with van der Waals surface area (Å²) in [5.41, 5.74) is 0. The number of ether oxygens (including phenoxy) is 2. The van der Waals surface area contributed by atoms with Crippen LogP contribution in [0.25, 0.3) is 0 Å². The van der Waals surface area contributed by atoms with Crippen molar-refractivity contribution < 1.29 is 29.0 Å². The van der Waals surface area contributed by atoms with Crippen LogP contribution in [-0.4, -0.2) is 56.5 Å². The first-order valence-corrected chi connectivity index (χ1v) is 6.42. The molecule has 0 aromatic carbocycles. The van der Waals surface area contributed by atoms with Gasteiger partial charge in [0.05, 0.1) is 19.8 Å². The van der Waals surface area contributed by atoms with Gasteiger partial charge in [-0.25, -0.2) is 4.79 Å². The predicted molar refractivity (Wildman–Crippen MR) is 70.3 cm³/mol. The van der Waals surface area contributed by atoms with Crippen LogP contribution in [0, 0.1) is 0 Å². The van der Waals surface area contributed by atoms with Crippen molar-refractivity contribution in [2.24, 2.45) is 0 Å². The van der Waals surface area contributed by atoms with Gasteiger partial charge in [0.2, 0.25) is 5.91 Å². The SMILES string of the molecule is COCCOCCNC(=O)NC(=O)CCCCC(=O)O. The number of imide groups is 1. The van der Waals surface area contributed by atoms with Gasteiger partial charge < -0.3 is 19.9 Å². The molecule has 3 amide bonds. The van der Waals surface area contributed by atoms with Crippen LogP contribution in [0.4, 0.5) is 4.79 Å². The van der Waals surface area contributed by atoms with Gasteiger partial charge in [-0.3, -0.25) is 14.9 Å². The van der Waals surface area contributed by atoms with Crippen LogP contribution in [-0.2, 0) is 19.1 Å². The summed E-state index contributed by atoms with van der Waals surface area (Å²) in [6, 6.07) is -0.580. The maximum absolute atomic E-state index is 11.3. The smallest absolute Gasteiger partial charge is 0.321 e. The first-order valence-electron chi connectivity index (χ1n) is 6.42. The van der Waals surface area contributed by atoms with Crippen LogP contribution >= 0.6 is 0 Å². The Balaban J connectivity index is 3.45. The third kappa shape index (κ3) is 12.8. The molecule has 0 aliphatic carbocycles. The fraction of sp³-hybridized carbons (Fsp3) is 0.750. The summed E-state index contributed by atoms with van der Waals surface area (Å²) in [5.74, 6) is -1.31. The largest absolute Gasteiger partial charge is 0.481 e. The molecule has 0 aromatic heterocycles. The first-order chi connectivity index (χ1) is 9.56. The molecular formula is C12H22N2O6. The van der Waals surface area contributed by atoms with Crippen LogP contribution in [0.3, 0.4) is 0 Å². The first kappa shape index (κ1) is 18.3. The van der Waals surface area contributed by atoms with Crippen molar-refractivity contribution in [3.63, 3.8) is 0 Å². The Kier molecular flexibility index (Phi) is 11.3. The number of hydrogen-bond acceptors (Lipinski definition) is 5. The van der Waals surface area contributed by atoms with Crippen molar-refractivity contribution in [2.75, 3.05) is 33.5 Å². The number of methoxy groups -OCH3 is 1. The van der Waals surface area contributed by atoms with Crippen molar-refractivity contribution >= 4 is 17.9 Å². The highest BCUT2D eigenvalue weighted by Crippen LogP contribution is 1.99. The molecule has 0 heterocycles. The summed E-state index contributed by atoms with van der Waals surface area (Å²) in [5, 5.41) is 13.0. The lowest BCUT2D eigenvalue weighted by atomic mass is 10.2. The van der Waals surface area contributed by atoms with Crippen LogP contribution in [0.2, 0.25) is 0 Å². The van der Waals surface area contributed by atoms with Crippen molar-refractivity contribution in [1.82, 2.24) is 10.6 Å². The topological polar surface area (TPSA) is 114 Å². The Morgan fingerprint density at radius 1 is 1.05 bits per heavy atom. The molecule has 0 aromatic rings. The zero-order chi connectivity index (χ0) is 15.2. The second kappa shape index (κ2) is 12.4. The number of amides is 3. The van der Waals surface area contributed by atoms with Gasteiger partial charge in [-0.15, -0.1) is 0 Å². The second-order valence-electron chi connectivity index (χ2n) is 4.01. The third-order valence-corrected chi connectivity index (χ3v) is 2.26. The Bertz CT molecular complexity index is 308. The van der Waals surface area contributed by atoms with E-state index >= 15 is 0 Å². The van der Waals surface area contributed by atoms with Crippen molar-refractivity contribution in [2.45, 2.75) is 25.7 Å². The fourth-order valence-corrected chi connectivity index (χ4v) is 1.28. The van der Waals surface area contributed by atoms with Crippen molar-refractivity contribution in [3.8, 4) is 0 Å². The van der Waals surface area contributed by atoms with E-state index < -0.39 is 17.9 Å². The fourth-order valence-electron chi connectivity index (χ4n) is 1.28. The normalized spacial score (nSPS) is 10.1. The van der Waals surface area contributed by atoms with Gasteiger partial charge in [0, 0.05) is 26.5 Å². The number of carbonyl (C=O) groups excluding carboxylic acids is 2. The zero-order valence-corrected chi connectivity index (χ0v) is 11.6. The Hall–Kier alpha value is -1.67. The van der Waals surface area contributed by atoms with Gasteiger partial charge in [-0.2, -0.15) is 0 Å². The Morgan fingerprint density at radius 3 is 2.40 bits per heavy atom. The maximum Gasteiger partial charge on any atom is 0.321 e. The summed E-state index contributed by atoms with van der Waals surface area (Å²) in [6.07, 6.45) is 1.01. The lowest BCUT2D eigenvalue weighted by molar-refractivity contribution is -0.137. The molecule has 3 N–H and O–H groups in total. The molecule has 0 aliphatic heterocycles. The van der Waals surface area contributed by atoms with Crippen LogP contribution < -0.4 is 10.6 Å². The summed E-state index contributed by atoms with van der Waals surface area (Å²) in [6.45, 7) is 1.56. The standard InChI is InChI=1S/C12H22N2O6/c1-19-8-9-20-7-6-13-12(18)14-10(15)4-2-3-5-11(16)17/h2-9H2,1H3,(H,16,17)(H2,13,14,15,18). The molecule has 0 atom stereocenters. The molecule has 8 heteroatoms. The zero-order valence-electron chi connectivity index (χ0n) is 11.6. The van der Waals surface area contributed by atoms with E-state index in [0.717, 1.165) is 0 Å². The number of nitrogens with one attached hydrogen (secondary N) is 2. The Morgan fingerprint density at radius 2 is 1.75 bits per heavy atom. The molecular weight excluding hydrogens is 268 g/mol. The monoisotopic (exact) mass is 290 g/mol. The van der Waals surface area contributed by atoms with E-state index in [1.807, 2.05) is 0 Å². The molecule has 116 valence electrons. The molecule has 0 saturated heterocycles. The summed E-state index contributed by atoms with van der Waals surface area (Å²) in [4.78, 5) is 32.8. The van der Waals surface area contributed by atoms with E-state index in [9.17, 15) is 14.4 Å². The molecule has 0 bridgehead atoms. The van der Waals surface area contributed by atoms with Gasteiger partial charge in [-0.05, 0) is 12.8 Å². The van der Waals surface area contributed by atoms with Gasteiger partial charge in [0.1, 0.15) is 0 Å². The predicted octanol–water partition coefficient (Wildman–Crippen LogP) is 0.120. The molecule has 8 nitrogen and oxygen atoms in total. The van der Waals surface area contributed by atoms with Gasteiger partial charge in [-0.1, -0.05) is 0 Å². The van der Waals surface area contributed by atoms with Crippen LogP contribution in [0.1, 0.15) is 25.7 Å². The molecule has 0 fully saturated rings. The minimum Gasteiger partial charge on any atom is -0.481 e. The number of aliphatic carboxylic acids is 1. The minimum absolute atomic E-state index is 0.0261. The van der Waals surface area contributed by atoms with Crippen LogP contribution in [0.5, 0.6) is 0 Å². The van der Waals surface area contributed by atoms with Crippen molar-refractivity contribution in [1.29, 1.82) is 0 Å². The average Bonchev–Trinajstić information content (AvgIpc) is 2.38. The summed E-state index contributed by atoms with van der Waals surface area (Å²) < 4.78 is 9.90. The number of carboxylic acid groups (broad SMARTS) is 1. The highest BCUT2D eigenvalue weighted by molar-refractivity contribution is 5.94. The van der Waals surface area contributed by atoms with E-state index in [1.54, 1.807) is 7.11 Å². The van der Waals surface area contributed by atoms with Gasteiger partial charge in [0.25, 0.3) is 0 Å². The lowest BCUT2D eigenvalue weighted by Gasteiger charge is -2.07. The van der Waals surface area contributed by atoms with Gasteiger partial charge in [0.15, 0.2) is 0 Å². The number of carboxylic acids is 1. The quantitative estimate of drug-likeness (QED) is 0.466. The highest BCUT2D eigenvalue weighted by Gasteiger charge is 2.07. The van der Waals surface area contributed by atoms with E-state index in [4.69, 9.17) is 14.6 Å². The van der Waals surface area contributed by atoms with E-state index in [2.05, 4.69) is 10.6 Å². The lowest BCUT2D eigenvalue weighted by Crippen LogP contribution is -2.40. The Labute approximate surface area is 117 Å². The molecule has 0 rings (SSSR count). The number of urea groups is 1. The maximum atomic E-state index is 11.3. The van der Waals surface area contributed by atoms with E-state index in [-0.39, 0.29) is 12.8 Å². The van der Waals surface area contributed by atoms with E-state index in [0.29, 0.717) is 39.2 Å². The number of hydrogen-bond donors (Lipinski definition) is 3. The average molecular weight is 290 g/mol. The molecule has 0 unspecified atom stereocenters. The number of unbranched alkanes of at least 4 members (excludes halogenated alkanes) is 1. The summed E-state index contributed by atoms with van der Waals surface area (Å²) in [7, 11) is 1.57.